The van der Waals surface area contributed by atoms with Gasteiger partial charge in [-0.3, -0.25) is 4.79 Å². The van der Waals surface area contributed by atoms with Gasteiger partial charge >= 0.3 is 5.97 Å². The van der Waals surface area contributed by atoms with Gasteiger partial charge in [0.15, 0.2) is 5.82 Å². The van der Waals surface area contributed by atoms with Crippen molar-refractivity contribution in [3.63, 3.8) is 0 Å². The molecule has 0 radical (unpaired) electrons. The number of alkyl halides is 1. The number of nitrogens with two attached hydrogens (primary N) is 1. The summed E-state index contributed by atoms with van der Waals surface area (Å²) >= 11 is 6.44. The van der Waals surface area contributed by atoms with Gasteiger partial charge in [0, 0.05) is 30.9 Å². The van der Waals surface area contributed by atoms with E-state index in [4.69, 9.17) is 17.3 Å². The van der Waals surface area contributed by atoms with Gasteiger partial charge in [-0.25, -0.2) is 13.6 Å². The Labute approximate surface area is 152 Å². The van der Waals surface area contributed by atoms with E-state index < -0.39 is 29.5 Å². The van der Waals surface area contributed by atoms with Crippen LogP contribution in [0.4, 0.5) is 14.5 Å². The minimum absolute atomic E-state index is 0.0134. The Kier molecular flexibility index (Phi) is 4.90. The molecule has 0 amide bonds. The van der Waals surface area contributed by atoms with Crippen LogP contribution in [0, 0.1) is 12.7 Å². The lowest BCUT2D eigenvalue weighted by molar-refractivity contribution is 0.0694. The summed E-state index contributed by atoms with van der Waals surface area (Å²) in [6, 6.07) is -0.121. The zero-order valence-corrected chi connectivity index (χ0v) is 14.8. The number of nitrogens with zero attached hydrogens (tertiary/aromatic N) is 2. The van der Waals surface area contributed by atoms with E-state index in [1.54, 1.807) is 4.90 Å². The Bertz CT molecular complexity index is 961. The minimum atomic E-state index is -1.46. The molecule has 9 heteroatoms. The molecule has 2 aromatic rings. The number of benzene rings is 1. The third-order valence-electron chi connectivity index (χ3n) is 4.71. The van der Waals surface area contributed by atoms with Gasteiger partial charge in [0.1, 0.15) is 12.2 Å². The molecule has 3 rings (SSSR count). The number of aromatic nitrogens is 1. The third kappa shape index (κ3) is 2.83. The van der Waals surface area contributed by atoms with Crippen molar-refractivity contribution in [1.29, 1.82) is 0 Å². The maximum atomic E-state index is 15.1. The molecule has 0 saturated carbocycles. The Hall–Kier alpha value is -2.19. The lowest BCUT2D eigenvalue weighted by Gasteiger charge is -2.24. The fraction of sp³-hybridized carbons (Fsp3) is 0.412. The van der Waals surface area contributed by atoms with Gasteiger partial charge in [-0.15, -0.1) is 0 Å². The number of carboxylic acid groups (broad SMARTS) is 1. The van der Waals surface area contributed by atoms with E-state index in [1.807, 2.05) is 0 Å². The van der Waals surface area contributed by atoms with Crippen LogP contribution in [-0.4, -0.2) is 41.4 Å². The van der Waals surface area contributed by atoms with Crippen molar-refractivity contribution in [2.24, 2.45) is 5.73 Å². The van der Waals surface area contributed by atoms with E-state index in [0.29, 0.717) is 19.5 Å². The zero-order valence-electron chi connectivity index (χ0n) is 14.1. The number of rotatable bonds is 4. The Morgan fingerprint density at radius 2 is 2.19 bits per heavy atom. The Morgan fingerprint density at radius 3 is 2.73 bits per heavy atom. The third-order valence-corrected chi connectivity index (χ3v) is 5.06. The highest BCUT2D eigenvalue weighted by molar-refractivity contribution is 6.38. The number of hydrogen-bond donors (Lipinski definition) is 2. The Balaban J connectivity index is 2.42. The lowest BCUT2D eigenvalue weighted by atomic mass is 10.0. The maximum Gasteiger partial charge on any atom is 0.341 e. The van der Waals surface area contributed by atoms with Crippen LogP contribution in [0.25, 0.3) is 10.9 Å². The highest BCUT2D eigenvalue weighted by Crippen LogP contribution is 2.39. The van der Waals surface area contributed by atoms with E-state index in [9.17, 15) is 19.1 Å². The van der Waals surface area contributed by atoms with Crippen LogP contribution >= 0.6 is 11.6 Å². The fourth-order valence-corrected chi connectivity index (χ4v) is 3.84. The predicted molar refractivity (Wildman–Crippen MR) is 95.7 cm³/mol. The van der Waals surface area contributed by atoms with Crippen molar-refractivity contribution in [2.75, 3.05) is 24.7 Å². The van der Waals surface area contributed by atoms with Crippen LogP contribution in [0.15, 0.2) is 11.0 Å². The first kappa shape index (κ1) is 18.6. The Morgan fingerprint density at radius 1 is 1.50 bits per heavy atom. The summed E-state index contributed by atoms with van der Waals surface area (Å²) in [7, 11) is 0. The van der Waals surface area contributed by atoms with Crippen LogP contribution in [0.2, 0.25) is 5.02 Å². The molecule has 1 atom stereocenters. The summed E-state index contributed by atoms with van der Waals surface area (Å²) < 4.78 is 29.3. The second-order valence-corrected chi connectivity index (χ2v) is 6.76. The number of anilines is 1. The molecule has 0 bridgehead atoms. The van der Waals surface area contributed by atoms with Gasteiger partial charge < -0.3 is 20.3 Å². The van der Waals surface area contributed by atoms with Crippen LogP contribution in [-0.2, 0) is 6.54 Å². The molecule has 26 heavy (non-hydrogen) atoms. The molecule has 1 aromatic carbocycles. The second kappa shape index (κ2) is 6.85. The molecule has 3 N–H and O–H groups in total. The number of aromatic carboxylic acids is 1. The SMILES string of the molecule is Cc1c(F)c(N2CCC(N)C2)c(Cl)c2c1c(=O)c(C(=O)O)cn2CCF. The first-order valence-corrected chi connectivity index (χ1v) is 8.50. The molecule has 1 fully saturated rings. The summed E-state index contributed by atoms with van der Waals surface area (Å²) in [5, 5.41) is 9.06. The van der Waals surface area contributed by atoms with Crippen LogP contribution in [0.3, 0.4) is 0 Å². The second-order valence-electron chi connectivity index (χ2n) is 6.38. The average Bonchev–Trinajstić information content (AvgIpc) is 3.00. The van der Waals surface area contributed by atoms with Gasteiger partial charge in [0.25, 0.3) is 0 Å². The van der Waals surface area contributed by atoms with Crippen molar-refractivity contribution in [2.45, 2.75) is 25.9 Å². The number of fused-ring (bicyclic) bond motifs is 1. The standard InChI is InChI=1S/C17H18ClF2N3O3/c1-8-11-14(23(5-3-19)7-10(16(11)24)17(25)26)12(18)15(13(8)20)22-4-2-9(21)6-22/h7,9H,2-6,21H2,1H3,(H,25,26). The molecule has 2 heterocycles. The monoisotopic (exact) mass is 385 g/mol. The van der Waals surface area contributed by atoms with E-state index >= 15 is 4.39 Å². The van der Waals surface area contributed by atoms with Crippen molar-refractivity contribution < 1.29 is 18.7 Å². The number of carbonyl (C=O) groups is 1. The van der Waals surface area contributed by atoms with Crippen molar-refractivity contribution in [3.8, 4) is 0 Å². The highest BCUT2D eigenvalue weighted by atomic mass is 35.5. The molecule has 1 unspecified atom stereocenters. The van der Waals surface area contributed by atoms with Crippen LogP contribution in [0.1, 0.15) is 22.3 Å². The summed E-state index contributed by atoms with van der Waals surface area (Å²) in [5.41, 5.74) is 4.72. The molecular weight excluding hydrogens is 368 g/mol. The predicted octanol–water partition coefficient (Wildman–Crippen LogP) is 2.31. The average molecular weight is 386 g/mol. The number of pyridine rings is 1. The van der Waals surface area contributed by atoms with Crippen molar-refractivity contribution in [3.05, 3.63) is 38.4 Å². The molecule has 0 aliphatic carbocycles. The van der Waals surface area contributed by atoms with Gasteiger partial charge in [0.05, 0.1) is 28.2 Å². The number of halogens is 3. The van der Waals surface area contributed by atoms with Crippen molar-refractivity contribution in [1.82, 2.24) is 4.57 Å². The largest absolute Gasteiger partial charge is 0.477 e. The number of aryl methyl sites for hydroxylation is 2. The summed E-state index contributed by atoms with van der Waals surface area (Å²) in [6.07, 6.45) is 1.72. The summed E-state index contributed by atoms with van der Waals surface area (Å²) in [5.74, 6) is -2.15. The first-order valence-electron chi connectivity index (χ1n) is 8.12. The molecule has 1 aliphatic heterocycles. The van der Waals surface area contributed by atoms with Gasteiger partial charge in [0.2, 0.25) is 5.43 Å². The molecule has 0 spiro atoms. The van der Waals surface area contributed by atoms with E-state index in [0.717, 1.165) is 6.20 Å². The molecule has 6 nitrogen and oxygen atoms in total. The fourth-order valence-electron chi connectivity index (χ4n) is 3.43. The number of hydrogen-bond acceptors (Lipinski definition) is 4. The van der Waals surface area contributed by atoms with E-state index in [-0.39, 0.29) is 39.8 Å². The van der Waals surface area contributed by atoms with Gasteiger partial charge in [-0.1, -0.05) is 11.6 Å². The first-order chi connectivity index (χ1) is 12.3. The highest BCUT2D eigenvalue weighted by Gasteiger charge is 2.29. The molecule has 1 aromatic heterocycles. The van der Waals surface area contributed by atoms with E-state index in [1.165, 1.54) is 11.5 Å². The minimum Gasteiger partial charge on any atom is -0.477 e. The van der Waals surface area contributed by atoms with E-state index in [2.05, 4.69) is 0 Å². The maximum absolute atomic E-state index is 15.1. The quantitative estimate of drug-likeness (QED) is 0.843. The molecule has 1 aliphatic rings. The number of carboxylic acids is 1. The molecule has 1 saturated heterocycles. The lowest BCUT2D eigenvalue weighted by Crippen LogP contribution is -2.28. The van der Waals surface area contributed by atoms with Gasteiger partial charge in [-0.2, -0.15) is 0 Å². The van der Waals surface area contributed by atoms with Crippen molar-refractivity contribution >= 4 is 34.2 Å². The zero-order chi connectivity index (χ0) is 19.2. The molecular formula is C17H18ClF2N3O3. The smallest absolute Gasteiger partial charge is 0.341 e. The molecule has 140 valence electrons. The van der Waals surface area contributed by atoms with Crippen LogP contribution in [0.5, 0.6) is 0 Å². The van der Waals surface area contributed by atoms with Crippen LogP contribution < -0.4 is 16.1 Å². The summed E-state index contributed by atoms with van der Waals surface area (Å²) in [4.78, 5) is 25.6. The summed E-state index contributed by atoms with van der Waals surface area (Å²) in [6.45, 7) is 1.29. The van der Waals surface area contributed by atoms with Gasteiger partial charge in [-0.05, 0) is 13.3 Å². The topological polar surface area (TPSA) is 88.6 Å². The normalized spacial score (nSPS) is 17.3.